The minimum atomic E-state index is 0.426. The quantitative estimate of drug-likeness (QED) is 0.520. The standard InChI is InChI=1S/C4H6N4/c5-1-4-2-7-8-3-6-4/h2-3H,1,5H2. The Kier molecular flexibility index (Phi) is 1.48. The third-order valence-electron chi connectivity index (χ3n) is 0.758. The van der Waals surface area contributed by atoms with Crippen molar-refractivity contribution >= 4 is 0 Å². The van der Waals surface area contributed by atoms with Gasteiger partial charge in [-0.15, -0.1) is 5.10 Å². The van der Waals surface area contributed by atoms with Crippen LogP contribution in [0.3, 0.4) is 0 Å². The Hall–Kier alpha value is -1.03. The molecule has 0 aliphatic rings. The highest BCUT2D eigenvalue weighted by atomic mass is 15.1. The molecule has 0 aliphatic heterocycles. The van der Waals surface area contributed by atoms with Crippen LogP contribution < -0.4 is 5.73 Å². The molecule has 4 nitrogen and oxygen atoms in total. The van der Waals surface area contributed by atoms with E-state index in [2.05, 4.69) is 15.2 Å². The first kappa shape index (κ1) is 5.11. The Morgan fingerprint density at radius 1 is 1.50 bits per heavy atom. The van der Waals surface area contributed by atoms with Crippen molar-refractivity contribution in [3.63, 3.8) is 0 Å². The van der Waals surface area contributed by atoms with Crippen molar-refractivity contribution in [2.24, 2.45) is 5.73 Å². The number of nitrogens with two attached hydrogens (primary N) is 1. The summed E-state index contributed by atoms with van der Waals surface area (Å²) in [6, 6.07) is 0. The molecule has 0 fully saturated rings. The molecule has 0 amide bonds. The van der Waals surface area contributed by atoms with Crippen LogP contribution in [0.15, 0.2) is 12.5 Å². The van der Waals surface area contributed by atoms with Crippen LogP contribution in [0, 0.1) is 0 Å². The van der Waals surface area contributed by atoms with E-state index in [1.165, 1.54) is 6.33 Å². The number of hydrogen-bond donors (Lipinski definition) is 1. The van der Waals surface area contributed by atoms with Gasteiger partial charge in [0, 0.05) is 6.54 Å². The maximum Gasteiger partial charge on any atom is 0.138 e. The second-order valence-corrected chi connectivity index (χ2v) is 1.30. The zero-order chi connectivity index (χ0) is 5.82. The maximum absolute atomic E-state index is 5.22. The summed E-state index contributed by atoms with van der Waals surface area (Å²) in [6.07, 6.45) is 2.92. The van der Waals surface area contributed by atoms with E-state index >= 15 is 0 Å². The molecule has 1 heterocycles. The van der Waals surface area contributed by atoms with Crippen LogP contribution in [-0.2, 0) is 6.54 Å². The first-order valence-electron chi connectivity index (χ1n) is 2.25. The molecule has 0 saturated heterocycles. The lowest BCUT2D eigenvalue weighted by Gasteiger charge is -1.87. The van der Waals surface area contributed by atoms with Gasteiger partial charge in [-0.25, -0.2) is 4.98 Å². The largest absolute Gasteiger partial charge is 0.325 e. The van der Waals surface area contributed by atoms with Crippen molar-refractivity contribution in [1.82, 2.24) is 15.2 Å². The summed E-state index contributed by atoms with van der Waals surface area (Å²) < 4.78 is 0. The van der Waals surface area contributed by atoms with Crippen molar-refractivity contribution < 1.29 is 0 Å². The number of aromatic nitrogens is 3. The SMILES string of the molecule is NCc1cnncn1. The molecule has 0 radical (unpaired) electrons. The Labute approximate surface area is 46.8 Å². The van der Waals surface area contributed by atoms with Gasteiger partial charge in [0.25, 0.3) is 0 Å². The lowest BCUT2D eigenvalue weighted by Crippen LogP contribution is -1.99. The molecule has 0 aromatic carbocycles. The van der Waals surface area contributed by atoms with Crippen LogP contribution >= 0.6 is 0 Å². The molecule has 0 spiro atoms. The van der Waals surface area contributed by atoms with Crippen LogP contribution in [0.1, 0.15) is 5.69 Å². The maximum atomic E-state index is 5.22. The fourth-order valence-corrected chi connectivity index (χ4v) is 0.369. The molecule has 1 aromatic heterocycles. The van der Waals surface area contributed by atoms with Crippen molar-refractivity contribution in [2.45, 2.75) is 6.54 Å². The zero-order valence-corrected chi connectivity index (χ0v) is 4.28. The van der Waals surface area contributed by atoms with E-state index in [1.54, 1.807) is 6.20 Å². The predicted octanol–water partition coefficient (Wildman–Crippen LogP) is -0.670. The highest BCUT2D eigenvalue weighted by Gasteiger charge is 1.84. The second kappa shape index (κ2) is 2.32. The van der Waals surface area contributed by atoms with Gasteiger partial charge in [-0.2, -0.15) is 5.10 Å². The Morgan fingerprint density at radius 2 is 2.38 bits per heavy atom. The summed E-state index contributed by atoms with van der Waals surface area (Å²) in [4.78, 5) is 3.80. The average molecular weight is 110 g/mol. The Morgan fingerprint density at radius 3 is 2.75 bits per heavy atom. The van der Waals surface area contributed by atoms with Crippen LogP contribution in [0.4, 0.5) is 0 Å². The van der Waals surface area contributed by atoms with E-state index in [0.29, 0.717) is 6.54 Å². The highest BCUT2D eigenvalue weighted by molar-refractivity contribution is 4.88. The smallest absolute Gasteiger partial charge is 0.138 e. The van der Waals surface area contributed by atoms with Crippen LogP contribution in [0.5, 0.6) is 0 Å². The molecule has 0 saturated carbocycles. The Bertz CT molecular complexity index is 149. The fourth-order valence-electron chi connectivity index (χ4n) is 0.369. The van der Waals surface area contributed by atoms with Gasteiger partial charge in [-0.1, -0.05) is 0 Å². The number of hydrogen-bond acceptors (Lipinski definition) is 4. The molecule has 0 unspecified atom stereocenters. The van der Waals surface area contributed by atoms with Crippen LogP contribution in [-0.4, -0.2) is 15.2 Å². The first-order chi connectivity index (χ1) is 3.93. The van der Waals surface area contributed by atoms with E-state index in [-0.39, 0.29) is 0 Å². The average Bonchev–Trinajstić information content (AvgIpc) is 1.90. The van der Waals surface area contributed by atoms with Gasteiger partial charge in [-0.3, -0.25) is 0 Å². The minimum absolute atomic E-state index is 0.426. The number of nitrogens with zero attached hydrogens (tertiary/aromatic N) is 3. The molecular weight excluding hydrogens is 104 g/mol. The summed E-state index contributed by atoms with van der Waals surface area (Å²) in [5.74, 6) is 0. The fraction of sp³-hybridized carbons (Fsp3) is 0.250. The van der Waals surface area contributed by atoms with E-state index in [0.717, 1.165) is 5.69 Å². The molecular formula is C4H6N4. The normalized spacial score (nSPS) is 9.12. The molecule has 4 heteroatoms. The third-order valence-corrected chi connectivity index (χ3v) is 0.758. The molecule has 0 bridgehead atoms. The van der Waals surface area contributed by atoms with Crippen LogP contribution in [0.25, 0.3) is 0 Å². The van der Waals surface area contributed by atoms with E-state index < -0.39 is 0 Å². The molecule has 0 aliphatic carbocycles. The monoisotopic (exact) mass is 110 g/mol. The Balaban J connectivity index is 2.83. The summed E-state index contributed by atoms with van der Waals surface area (Å²) >= 11 is 0. The summed E-state index contributed by atoms with van der Waals surface area (Å²) in [5.41, 5.74) is 5.98. The second-order valence-electron chi connectivity index (χ2n) is 1.30. The molecule has 42 valence electrons. The topological polar surface area (TPSA) is 64.7 Å². The van der Waals surface area contributed by atoms with Crippen molar-refractivity contribution in [2.75, 3.05) is 0 Å². The van der Waals surface area contributed by atoms with Gasteiger partial charge in [0.15, 0.2) is 0 Å². The minimum Gasteiger partial charge on any atom is -0.325 e. The molecule has 1 aromatic rings. The predicted molar refractivity (Wildman–Crippen MR) is 27.7 cm³/mol. The van der Waals surface area contributed by atoms with Gasteiger partial charge >= 0.3 is 0 Å². The molecule has 2 N–H and O–H groups in total. The van der Waals surface area contributed by atoms with Crippen molar-refractivity contribution in [3.05, 3.63) is 18.2 Å². The van der Waals surface area contributed by atoms with E-state index in [1.807, 2.05) is 0 Å². The van der Waals surface area contributed by atoms with Gasteiger partial charge in [0.2, 0.25) is 0 Å². The summed E-state index contributed by atoms with van der Waals surface area (Å²) in [7, 11) is 0. The third kappa shape index (κ3) is 0.974. The lowest BCUT2D eigenvalue weighted by molar-refractivity contribution is 0.884. The summed E-state index contributed by atoms with van der Waals surface area (Å²) in [6.45, 7) is 0.426. The van der Waals surface area contributed by atoms with E-state index in [9.17, 15) is 0 Å². The van der Waals surface area contributed by atoms with Gasteiger partial charge in [0.1, 0.15) is 6.33 Å². The summed E-state index contributed by atoms with van der Waals surface area (Å²) in [5, 5.41) is 7.04. The van der Waals surface area contributed by atoms with Crippen LogP contribution in [0.2, 0.25) is 0 Å². The first-order valence-corrected chi connectivity index (χ1v) is 2.25. The van der Waals surface area contributed by atoms with Crippen molar-refractivity contribution in [1.29, 1.82) is 0 Å². The van der Waals surface area contributed by atoms with Gasteiger partial charge in [-0.05, 0) is 0 Å². The zero-order valence-electron chi connectivity index (χ0n) is 4.28. The van der Waals surface area contributed by atoms with Crippen molar-refractivity contribution in [3.8, 4) is 0 Å². The molecule has 0 atom stereocenters. The number of rotatable bonds is 1. The molecule has 8 heavy (non-hydrogen) atoms. The van der Waals surface area contributed by atoms with E-state index in [4.69, 9.17) is 5.73 Å². The highest BCUT2D eigenvalue weighted by Crippen LogP contribution is 1.81. The molecule has 1 rings (SSSR count). The lowest BCUT2D eigenvalue weighted by atomic mass is 10.5. The van der Waals surface area contributed by atoms with Gasteiger partial charge in [0.05, 0.1) is 11.9 Å². The van der Waals surface area contributed by atoms with Gasteiger partial charge < -0.3 is 5.73 Å².